The summed E-state index contributed by atoms with van der Waals surface area (Å²) >= 11 is 0. The predicted molar refractivity (Wildman–Crippen MR) is 57.4 cm³/mol. The Morgan fingerprint density at radius 1 is 1.50 bits per heavy atom. The highest BCUT2D eigenvalue weighted by molar-refractivity contribution is 4.76. The molecule has 3 atom stereocenters. The van der Waals surface area contributed by atoms with E-state index in [-0.39, 0.29) is 12.1 Å². The van der Waals surface area contributed by atoms with Gasteiger partial charge >= 0.3 is 0 Å². The van der Waals surface area contributed by atoms with Crippen LogP contribution in [0.3, 0.4) is 0 Å². The lowest BCUT2D eigenvalue weighted by atomic mass is 10.1. The molecule has 3 nitrogen and oxygen atoms in total. The van der Waals surface area contributed by atoms with Crippen LogP contribution in [0.5, 0.6) is 0 Å². The molecule has 3 unspecified atom stereocenters. The van der Waals surface area contributed by atoms with E-state index >= 15 is 0 Å². The number of aliphatic hydroxyl groups excluding tert-OH is 1. The maximum absolute atomic E-state index is 9.51. The molecule has 3 heteroatoms. The Morgan fingerprint density at radius 2 is 2.21 bits per heavy atom. The zero-order valence-corrected chi connectivity index (χ0v) is 9.57. The van der Waals surface area contributed by atoms with Crippen LogP contribution in [0.25, 0.3) is 0 Å². The quantitative estimate of drug-likeness (QED) is 0.727. The molecule has 1 heterocycles. The first-order chi connectivity index (χ1) is 6.65. The van der Waals surface area contributed by atoms with Crippen molar-refractivity contribution < 1.29 is 9.84 Å². The van der Waals surface area contributed by atoms with Gasteiger partial charge in [0.2, 0.25) is 0 Å². The van der Waals surface area contributed by atoms with Gasteiger partial charge in [0.1, 0.15) is 0 Å². The van der Waals surface area contributed by atoms with E-state index in [0.29, 0.717) is 6.10 Å². The highest BCUT2D eigenvalue weighted by Gasteiger charge is 2.23. The molecule has 1 rings (SSSR count). The first-order valence-electron chi connectivity index (χ1n) is 5.68. The molecule has 0 aliphatic carbocycles. The second kappa shape index (κ2) is 5.69. The van der Waals surface area contributed by atoms with E-state index in [9.17, 15) is 5.11 Å². The SMILES string of the molecule is CCN(CC1CCCO1)C(C)C(C)O. The van der Waals surface area contributed by atoms with E-state index in [0.717, 1.165) is 19.7 Å². The van der Waals surface area contributed by atoms with Gasteiger partial charge in [0.15, 0.2) is 0 Å². The molecule has 0 aromatic heterocycles. The molecule has 84 valence electrons. The highest BCUT2D eigenvalue weighted by atomic mass is 16.5. The number of rotatable bonds is 5. The lowest BCUT2D eigenvalue weighted by molar-refractivity contribution is 0.0259. The zero-order chi connectivity index (χ0) is 10.6. The second-order valence-electron chi connectivity index (χ2n) is 4.20. The van der Waals surface area contributed by atoms with E-state index in [1.165, 1.54) is 12.8 Å². The van der Waals surface area contributed by atoms with Crippen molar-refractivity contribution in [3.05, 3.63) is 0 Å². The summed E-state index contributed by atoms with van der Waals surface area (Å²) in [7, 11) is 0. The summed E-state index contributed by atoms with van der Waals surface area (Å²) in [6.07, 6.45) is 2.47. The zero-order valence-electron chi connectivity index (χ0n) is 9.57. The van der Waals surface area contributed by atoms with Gasteiger partial charge in [-0.05, 0) is 33.2 Å². The summed E-state index contributed by atoms with van der Waals surface area (Å²) < 4.78 is 5.59. The third-order valence-corrected chi connectivity index (χ3v) is 3.14. The van der Waals surface area contributed by atoms with Gasteiger partial charge in [-0.3, -0.25) is 4.90 Å². The van der Waals surface area contributed by atoms with Gasteiger partial charge in [0.25, 0.3) is 0 Å². The first-order valence-corrected chi connectivity index (χ1v) is 5.68. The lowest BCUT2D eigenvalue weighted by Gasteiger charge is -2.31. The van der Waals surface area contributed by atoms with E-state index < -0.39 is 0 Å². The highest BCUT2D eigenvalue weighted by Crippen LogP contribution is 2.15. The Hall–Kier alpha value is -0.120. The Morgan fingerprint density at radius 3 is 2.64 bits per heavy atom. The Labute approximate surface area is 87.1 Å². The molecule has 1 aliphatic heterocycles. The predicted octanol–water partition coefficient (Wildman–Crippen LogP) is 1.26. The van der Waals surface area contributed by atoms with Crippen LogP contribution in [-0.4, -0.2) is 48.0 Å². The summed E-state index contributed by atoms with van der Waals surface area (Å²) in [5.74, 6) is 0. The van der Waals surface area contributed by atoms with Crippen molar-refractivity contribution in [1.29, 1.82) is 0 Å². The van der Waals surface area contributed by atoms with Crippen molar-refractivity contribution in [1.82, 2.24) is 4.90 Å². The van der Waals surface area contributed by atoms with Crippen LogP contribution in [0, 0.1) is 0 Å². The summed E-state index contributed by atoms with van der Waals surface area (Å²) in [6.45, 7) is 8.90. The molecule has 1 aliphatic rings. The van der Waals surface area contributed by atoms with Gasteiger partial charge in [-0.2, -0.15) is 0 Å². The number of hydrogen-bond donors (Lipinski definition) is 1. The fourth-order valence-corrected chi connectivity index (χ4v) is 1.94. The van der Waals surface area contributed by atoms with Crippen molar-refractivity contribution >= 4 is 0 Å². The number of likely N-dealkylation sites (N-methyl/N-ethyl adjacent to an activating group) is 1. The minimum absolute atomic E-state index is 0.226. The van der Waals surface area contributed by atoms with Gasteiger partial charge in [0.05, 0.1) is 12.2 Å². The summed E-state index contributed by atoms with van der Waals surface area (Å²) in [6, 6.07) is 0.226. The summed E-state index contributed by atoms with van der Waals surface area (Å²) in [4.78, 5) is 2.29. The standard InChI is InChI=1S/C11H23NO2/c1-4-12(9(2)10(3)13)8-11-6-5-7-14-11/h9-11,13H,4-8H2,1-3H3. The smallest absolute Gasteiger partial charge is 0.0702 e. The van der Waals surface area contributed by atoms with Gasteiger partial charge in [-0.1, -0.05) is 6.92 Å². The van der Waals surface area contributed by atoms with Crippen LogP contribution < -0.4 is 0 Å². The molecular weight excluding hydrogens is 178 g/mol. The molecule has 0 saturated carbocycles. The molecule has 1 saturated heterocycles. The molecule has 0 amide bonds. The normalized spacial score (nSPS) is 26.8. The molecule has 0 spiro atoms. The molecule has 1 N–H and O–H groups in total. The lowest BCUT2D eigenvalue weighted by Crippen LogP contribution is -2.44. The molecule has 1 fully saturated rings. The van der Waals surface area contributed by atoms with Crippen LogP contribution in [-0.2, 0) is 4.74 Å². The van der Waals surface area contributed by atoms with Crippen LogP contribution in [0.4, 0.5) is 0 Å². The first kappa shape index (κ1) is 12.0. The van der Waals surface area contributed by atoms with Crippen LogP contribution >= 0.6 is 0 Å². The number of nitrogens with zero attached hydrogens (tertiary/aromatic N) is 1. The third kappa shape index (κ3) is 3.23. The largest absolute Gasteiger partial charge is 0.392 e. The van der Waals surface area contributed by atoms with Crippen LogP contribution in [0.15, 0.2) is 0 Å². The van der Waals surface area contributed by atoms with E-state index in [1.807, 2.05) is 6.92 Å². The molecule has 0 bridgehead atoms. The summed E-state index contributed by atoms with van der Waals surface area (Å²) in [5.41, 5.74) is 0. The minimum atomic E-state index is -0.267. The maximum Gasteiger partial charge on any atom is 0.0702 e. The minimum Gasteiger partial charge on any atom is -0.392 e. The van der Waals surface area contributed by atoms with Gasteiger partial charge in [-0.15, -0.1) is 0 Å². The molecule has 0 aromatic rings. The van der Waals surface area contributed by atoms with Gasteiger partial charge in [-0.25, -0.2) is 0 Å². The molecule has 0 aromatic carbocycles. The molecule has 0 radical (unpaired) electrons. The van der Waals surface area contributed by atoms with E-state index in [1.54, 1.807) is 0 Å². The van der Waals surface area contributed by atoms with Crippen molar-refractivity contribution in [3.63, 3.8) is 0 Å². The third-order valence-electron chi connectivity index (χ3n) is 3.14. The Bertz CT molecular complexity index is 155. The van der Waals surface area contributed by atoms with Crippen molar-refractivity contribution in [2.75, 3.05) is 19.7 Å². The van der Waals surface area contributed by atoms with E-state index in [4.69, 9.17) is 4.74 Å². The van der Waals surface area contributed by atoms with Gasteiger partial charge < -0.3 is 9.84 Å². The Kier molecular flexibility index (Phi) is 4.85. The number of ether oxygens (including phenoxy) is 1. The van der Waals surface area contributed by atoms with Crippen molar-refractivity contribution in [3.8, 4) is 0 Å². The van der Waals surface area contributed by atoms with Crippen LogP contribution in [0.1, 0.15) is 33.6 Å². The molecular formula is C11H23NO2. The second-order valence-corrected chi connectivity index (χ2v) is 4.20. The Balaban J connectivity index is 2.36. The van der Waals surface area contributed by atoms with Crippen LogP contribution in [0.2, 0.25) is 0 Å². The molecule has 14 heavy (non-hydrogen) atoms. The van der Waals surface area contributed by atoms with E-state index in [2.05, 4.69) is 18.7 Å². The fraction of sp³-hybridized carbons (Fsp3) is 1.00. The monoisotopic (exact) mass is 201 g/mol. The topological polar surface area (TPSA) is 32.7 Å². The number of hydrogen-bond acceptors (Lipinski definition) is 3. The summed E-state index contributed by atoms with van der Waals surface area (Å²) in [5, 5.41) is 9.51. The van der Waals surface area contributed by atoms with Crippen molar-refractivity contribution in [2.45, 2.75) is 51.9 Å². The maximum atomic E-state index is 9.51. The van der Waals surface area contributed by atoms with Gasteiger partial charge in [0, 0.05) is 19.2 Å². The number of aliphatic hydroxyl groups is 1. The average molecular weight is 201 g/mol. The average Bonchev–Trinajstić information content (AvgIpc) is 2.65. The fourth-order valence-electron chi connectivity index (χ4n) is 1.94. The van der Waals surface area contributed by atoms with Crippen molar-refractivity contribution in [2.24, 2.45) is 0 Å².